The van der Waals surface area contributed by atoms with E-state index in [1.165, 1.54) is 12.1 Å². The Morgan fingerprint density at radius 3 is 2.72 bits per heavy atom. The SMILES string of the molecule is CCCNC(c1cc(F)ccc1Cl)C(C)OCC. The lowest BCUT2D eigenvalue weighted by molar-refractivity contribution is 0.0472. The van der Waals surface area contributed by atoms with E-state index >= 15 is 0 Å². The van der Waals surface area contributed by atoms with Crippen molar-refractivity contribution in [3.8, 4) is 0 Å². The van der Waals surface area contributed by atoms with Crippen LogP contribution in [-0.4, -0.2) is 19.3 Å². The first kappa shape index (κ1) is 15.4. The van der Waals surface area contributed by atoms with Crippen LogP contribution in [0.5, 0.6) is 0 Å². The van der Waals surface area contributed by atoms with Crippen LogP contribution in [0.25, 0.3) is 0 Å². The molecule has 0 fully saturated rings. The molecule has 0 spiro atoms. The molecule has 0 radical (unpaired) electrons. The monoisotopic (exact) mass is 273 g/mol. The van der Waals surface area contributed by atoms with E-state index < -0.39 is 0 Å². The Bertz CT molecular complexity index is 373. The van der Waals surface area contributed by atoms with Gasteiger partial charge in [-0.2, -0.15) is 0 Å². The molecule has 0 saturated heterocycles. The highest BCUT2D eigenvalue weighted by Gasteiger charge is 2.21. The molecule has 0 amide bonds. The van der Waals surface area contributed by atoms with Crippen LogP contribution >= 0.6 is 11.6 Å². The van der Waals surface area contributed by atoms with Crippen LogP contribution in [0.4, 0.5) is 4.39 Å². The highest BCUT2D eigenvalue weighted by molar-refractivity contribution is 6.31. The molecule has 0 aliphatic carbocycles. The summed E-state index contributed by atoms with van der Waals surface area (Å²) in [4.78, 5) is 0. The summed E-state index contributed by atoms with van der Waals surface area (Å²) in [5, 5.41) is 3.93. The van der Waals surface area contributed by atoms with Crippen LogP contribution in [0.2, 0.25) is 5.02 Å². The fourth-order valence-corrected chi connectivity index (χ4v) is 2.18. The van der Waals surface area contributed by atoms with Crippen LogP contribution in [0.1, 0.15) is 38.8 Å². The minimum Gasteiger partial charge on any atom is -0.377 e. The molecule has 1 aromatic rings. The second kappa shape index (κ2) is 7.72. The van der Waals surface area contributed by atoms with Crippen molar-refractivity contribution >= 4 is 11.6 Å². The van der Waals surface area contributed by atoms with E-state index in [1.807, 2.05) is 13.8 Å². The zero-order valence-corrected chi connectivity index (χ0v) is 11.9. The summed E-state index contributed by atoms with van der Waals surface area (Å²) in [5.74, 6) is -0.276. The summed E-state index contributed by atoms with van der Waals surface area (Å²) in [6, 6.07) is 4.35. The van der Waals surface area contributed by atoms with Gasteiger partial charge >= 0.3 is 0 Å². The molecule has 1 aromatic carbocycles. The quantitative estimate of drug-likeness (QED) is 0.812. The third-order valence-corrected chi connectivity index (χ3v) is 3.15. The second-order valence-electron chi connectivity index (χ2n) is 4.26. The predicted octanol–water partition coefficient (Wildman–Crippen LogP) is 3.94. The van der Waals surface area contributed by atoms with Gasteiger partial charge in [0.25, 0.3) is 0 Å². The zero-order valence-electron chi connectivity index (χ0n) is 11.2. The van der Waals surface area contributed by atoms with Crippen molar-refractivity contribution in [1.29, 1.82) is 0 Å². The van der Waals surface area contributed by atoms with Gasteiger partial charge < -0.3 is 10.1 Å². The molecule has 1 N–H and O–H groups in total. The largest absolute Gasteiger partial charge is 0.377 e. The molecular weight excluding hydrogens is 253 g/mol. The number of rotatable bonds is 7. The zero-order chi connectivity index (χ0) is 13.5. The molecule has 18 heavy (non-hydrogen) atoms. The van der Waals surface area contributed by atoms with E-state index in [4.69, 9.17) is 16.3 Å². The van der Waals surface area contributed by atoms with Gasteiger partial charge in [0.2, 0.25) is 0 Å². The molecule has 0 aromatic heterocycles. The van der Waals surface area contributed by atoms with Gasteiger partial charge in [-0.3, -0.25) is 0 Å². The standard InChI is InChI=1S/C14H21ClFNO/c1-4-8-17-14(10(3)18-5-2)12-9-11(16)6-7-13(12)15/h6-7,9-10,14,17H,4-5,8H2,1-3H3. The number of nitrogens with one attached hydrogen (secondary N) is 1. The molecule has 102 valence electrons. The highest BCUT2D eigenvalue weighted by Crippen LogP contribution is 2.27. The minimum absolute atomic E-state index is 0.0548. The smallest absolute Gasteiger partial charge is 0.123 e. The maximum Gasteiger partial charge on any atom is 0.123 e. The maximum absolute atomic E-state index is 13.4. The van der Waals surface area contributed by atoms with E-state index in [9.17, 15) is 4.39 Å². The number of benzene rings is 1. The van der Waals surface area contributed by atoms with Crippen LogP contribution in [-0.2, 0) is 4.74 Å². The van der Waals surface area contributed by atoms with Gasteiger partial charge in [-0.25, -0.2) is 4.39 Å². The molecule has 4 heteroatoms. The molecule has 0 bridgehead atoms. The molecule has 2 atom stereocenters. The number of halogens is 2. The van der Waals surface area contributed by atoms with Crippen molar-refractivity contribution in [2.75, 3.05) is 13.2 Å². The third-order valence-electron chi connectivity index (χ3n) is 2.81. The normalized spacial score (nSPS) is 14.5. The van der Waals surface area contributed by atoms with Gasteiger partial charge in [-0.1, -0.05) is 18.5 Å². The Morgan fingerprint density at radius 1 is 1.39 bits per heavy atom. The van der Waals surface area contributed by atoms with Crippen molar-refractivity contribution in [3.05, 3.63) is 34.6 Å². The van der Waals surface area contributed by atoms with Crippen molar-refractivity contribution in [1.82, 2.24) is 5.32 Å². The Balaban J connectivity index is 2.96. The lowest BCUT2D eigenvalue weighted by Gasteiger charge is -2.26. The Labute approximate surface area is 113 Å². The first-order valence-electron chi connectivity index (χ1n) is 6.40. The summed E-state index contributed by atoms with van der Waals surface area (Å²) in [7, 11) is 0. The Kier molecular flexibility index (Phi) is 6.61. The number of hydrogen-bond acceptors (Lipinski definition) is 2. The van der Waals surface area contributed by atoms with Gasteiger partial charge in [0, 0.05) is 11.6 Å². The molecule has 2 unspecified atom stereocenters. The number of hydrogen-bond donors (Lipinski definition) is 1. The Hall–Kier alpha value is -0.640. The molecule has 0 aliphatic heterocycles. The van der Waals surface area contributed by atoms with E-state index in [0.717, 1.165) is 18.5 Å². The average Bonchev–Trinajstić information content (AvgIpc) is 2.34. The molecule has 0 aliphatic rings. The first-order chi connectivity index (χ1) is 8.60. The number of ether oxygens (including phenoxy) is 1. The van der Waals surface area contributed by atoms with Crippen LogP contribution in [0.15, 0.2) is 18.2 Å². The first-order valence-corrected chi connectivity index (χ1v) is 6.77. The van der Waals surface area contributed by atoms with E-state index in [2.05, 4.69) is 12.2 Å². The van der Waals surface area contributed by atoms with Crippen molar-refractivity contribution in [2.24, 2.45) is 0 Å². The van der Waals surface area contributed by atoms with Crippen molar-refractivity contribution < 1.29 is 9.13 Å². The molecular formula is C14H21ClFNO. The van der Waals surface area contributed by atoms with E-state index in [-0.39, 0.29) is 18.0 Å². The third kappa shape index (κ3) is 4.23. The predicted molar refractivity (Wildman–Crippen MR) is 73.5 cm³/mol. The van der Waals surface area contributed by atoms with Gasteiger partial charge in [-0.05, 0) is 50.6 Å². The lowest BCUT2D eigenvalue weighted by Crippen LogP contribution is -2.33. The minimum atomic E-state index is -0.276. The van der Waals surface area contributed by atoms with E-state index in [1.54, 1.807) is 6.07 Å². The fourth-order valence-electron chi connectivity index (χ4n) is 1.94. The lowest BCUT2D eigenvalue weighted by atomic mass is 10.0. The topological polar surface area (TPSA) is 21.3 Å². The van der Waals surface area contributed by atoms with Gasteiger partial charge in [0.15, 0.2) is 0 Å². The van der Waals surface area contributed by atoms with Crippen molar-refractivity contribution in [3.63, 3.8) is 0 Å². The fraction of sp³-hybridized carbons (Fsp3) is 0.571. The molecule has 0 saturated carbocycles. The molecule has 2 nitrogen and oxygen atoms in total. The van der Waals surface area contributed by atoms with Crippen LogP contribution in [0, 0.1) is 5.82 Å². The van der Waals surface area contributed by atoms with Gasteiger partial charge in [0.1, 0.15) is 5.82 Å². The van der Waals surface area contributed by atoms with Gasteiger partial charge in [-0.15, -0.1) is 0 Å². The summed E-state index contributed by atoms with van der Waals surface area (Å²) in [5.41, 5.74) is 0.756. The Morgan fingerprint density at radius 2 is 2.11 bits per heavy atom. The maximum atomic E-state index is 13.4. The van der Waals surface area contributed by atoms with Gasteiger partial charge in [0.05, 0.1) is 12.1 Å². The van der Waals surface area contributed by atoms with E-state index in [0.29, 0.717) is 11.6 Å². The van der Waals surface area contributed by atoms with Crippen LogP contribution < -0.4 is 5.32 Å². The molecule has 0 heterocycles. The summed E-state index contributed by atoms with van der Waals surface area (Å²) in [6.45, 7) is 7.47. The summed E-state index contributed by atoms with van der Waals surface area (Å²) in [6.07, 6.45) is 0.947. The average molecular weight is 274 g/mol. The highest BCUT2D eigenvalue weighted by atomic mass is 35.5. The van der Waals surface area contributed by atoms with Crippen molar-refractivity contribution in [2.45, 2.75) is 39.3 Å². The second-order valence-corrected chi connectivity index (χ2v) is 4.67. The summed E-state index contributed by atoms with van der Waals surface area (Å²) < 4.78 is 19.0. The summed E-state index contributed by atoms with van der Waals surface area (Å²) >= 11 is 6.15. The molecule has 1 rings (SSSR count). The van der Waals surface area contributed by atoms with Crippen LogP contribution in [0.3, 0.4) is 0 Å².